The molecule has 7 heteroatoms. The second kappa shape index (κ2) is 10.2. The SMILES string of the molecule is Cc1ccc(-c2c(-c3ccc(C#N)cc3)cc3c(N4CCC[C@@H](NC(=O)OC(C)(C)C)C4)nccn23)cc1. The molecule has 1 N–H and O–H groups in total. The molecule has 0 aliphatic carbocycles. The molecule has 0 bridgehead atoms. The topological polar surface area (TPSA) is 82.7 Å². The maximum Gasteiger partial charge on any atom is 0.407 e. The number of ether oxygens (including phenoxy) is 1. The number of aryl methyl sites for hydroxylation is 1. The maximum atomic E-state index is 12.4. The van der Waals surface area contributed by atoms with E-state index in [0.717, 1.165) is 53.1 Å². The summed E-state index contributed by atoms with van der Waals surface area (Å²) < 4.78 is 7.68. The highest BCUT2D eigenvalue weighted by Gasteiger charge is 2.27. The lowest BCUT2D eigenvalue weighted by Gasteiger charge is -2.34. The van der Waals surface area contributed by atoms with E-state index in [1.165, 1.54) is 5.56 Å². The Labute approximate surface area is 223 Å². The summed E-state index contributed by atoms with van der Waals surface area (Å²) in [4.78, 5) is 19.5. The second-order valence-electron chi connectivity index (χ2n) is 10.9. The standard InChI is InChI=1S/C31H33N5O2/c1-21-7-11-24(12-8-21)28-26(23-13-9-22(19-32)10-14-23)18-27-29(33-15-17-36(27)28)35-16-5-6-25(20-35)34-30(37)38-31(2,3)4/h7-15,17-18,25H,5-6,16,20H2,1-4H3,(H,34,37)/t25-/m1/s1. The molecule has 38 heavy (non-hydrogen) atoms. The normalized spacial score (nSPS) is 15.8. The third-order valence-electron chi connectivity index (χ3n) is 6.77. The lowest BCUT2D eigenvalue weighted by Crippen LogP contribution is -2.49. The smallest absolute Gasteiger partial charge is 0.407 e. The zero-order chi connectivity index (χ0) is 26.9. The Bertz CT molecular complexity index is 1490. The molecule has 1 atom stereocenters. The summed E-state index contributed by atoms with van der Waals surface area (Å²) in [5.41, 5.74) is 6.60. The Kier molecular flexibility index (Phi) is 6.81. The number of hydrogen-bond donors (Lipinski definition) is 1. The summed E-state index contributed by atoms with van der Waals surface area (Å²) in [6.45, 7) is 9.21. The van der Waals surface area contributed by atoms with Crippen molar-refractivity contribution in [3.05, 3.63) is 78.1 Å². The van der Waals surface area contributed by atoms with Crippen molar-refractivity contribution in [1.29, 1.82) is 5.26 Å². The quantitative estimate of drug-likeness (QED) is 0.348. The summed E-state index contributed by atoms with van der Waals surface area (Å²) in [7, 11) is 0. The average molecular weight is 508 g/mol. The highest BCUT2D eigenvalue weighted by molar-refractivity contribution is 5.90. The molecular weight excluding hydrogens is 474 g/mol. The van der Waals surface area contributed by atoms with Crippen LogP contribution in [0.25, 0.3) is 27.9 Å². The third-order valence-corrected chi connectivity index (χ3v) is 6.77. The fourth-order valence-corrected chi connectivity index (χ4v) is 5.04. The van der Waals surface area contributed by atoms with Crippen LogP contribution in [0, 0.1) is 18.3 Å². The van der Waals surface area contributed by atoms with E-state index >= 15 is 0 Å². The van der Waals surface area contributed by atoms with Crippen molar-refractivity contribution in [2.45, 2.75) is 52.2 Å². The fourth-order valence-electron chi connectivity index (χ4n) is 5.04. The van der Waals surface area contributed by atoms with Crippen LogP contribution >= 0.6 is 0 Å². The van der Waals surface area contributed by atoms with Crippen molar-refractivity contribution < 1.29 is 9.53 Å². The number of amides is 1. The number of nitriles is 1. The van der Waals surface area contributed by atoms with E-state index in [4.69, 9.17) is 9.72 Å². The van der Waals surface area contributed by atoms with Gasteiger partial charge in [0.1, 0.15) is 5.60 Å². The molecule has 2 aromatic carbocycles. The molecule has 0 radical (unpaired) electrons. The van der Waals surface area contributed by atoms with Gasteiger partial charge >= 0.3 is 6.09 Å². The molecule has 7 nitrogen and oxygen atoms in total. The molecule has 194 valence electrons. The number of hydrogen-bond acceptors (Lipinski definition) is 5. The highest BCUT2D eigenvalue weighted by Crippen LogP contribution is 2.38. The van der Waals surface area contributed by atoms with Gasteiger partial charge in [-0.05, 0) is 69.9 Å². The number of anilines is 1. The number of nitrogens with zero attached hydrogens (tertiary/aromatic N) is 4. The molecule has 2 aromatic heterocycles. The Balaban J connectivity index is 1.55. The van der Waals surface area contributed by atoms with Crippen LogP contribution in [0.5, 0.6) is 0 Å². The lowest BCUT2D eigenvalue weighted by molar-refractivity contribution is 0.0500. The maximum absolute atomic E-state index is 12.4. The number of fused-ring (bicyclic) bond motifs is 1. The molecule has 3 heterocycles. The van der Waals surface area contributed by atoms with Crippen LogP contribution in [0.1, 0.15) is 44.7 Å². The van der Waals surface area contributed by atoms with Gasteiger partial charge in [-0.15, -0.1) is 0 Å². The van der Waals surface area contributed by atoms with Crippen LogP contribution in [-0.2, 0) is 4.74 Å². The van der Waals surface area contributed by atoms with Gasteiger partial charge in [0.15, 0.2) is 5.82 Å². The van der Waals surface area contributed by atoms with Crippen molar-refractivity contribution in [1.82, 2.24) is 14.7 Å². The van der Waals surface area contributed by atoms with Crippen molar-refractivity contribution in [2.24, 2.45) is 0 Å². The molecule has 0 saturated carbocycles. The first-order valence-corrected chi connectivity index (χ1v) is 13.0. The van der Waals surface area contributed by atoms with Crippen LogP contribution < -0.4 is 10.2 Å². The summed E-state index contributed by atoms with van der Waals surface area (Å²) in [5.74, 6) is 0.886. The van der Waals surface area contributed by atoms with Crippen LogP contribution in [-0.4, -0.2) is 40.2 Å². The van der Waals surface area contributed by atoms with Gasteiger partial charge in [-0.2, -0.15) is 5.26 Å². The van der Waals surface area contributed by atoms with Crippen molar-refractivity contribution in [3.8, 4) is 28.5 Å². The monoisotopic (exact) mass is 507 g/mol. The summed E-state index contributed by atoms with van der Waals surface area (Å²) in [5, 5.41) is 12.3. The minimum Gasteiger partial charge on any atom is -0.444 e. The minimum absolute atomic E-state index is 0.0230. The van der Waals surface area contributed by atoms with Gasteiger partial charge in [-0.1, -0.05) is 42.0 Å². The van der Waals surface area contributed by atoms with Crippen LogP contribution in [0.4, 0.5) is 10.6 Å². The van der Waals surface area contributed by atoms with E-state index in [1.807, 2.05) is 57.4 Å². The Morgan fingerprint density at radius 3 is 2.50 bits per heavy atom. The number of alkyl carbamates (subject to hydrolysis) is 1. The first-order chi connectivity index (χ1) is 18.2. The molecular formula is C31H33N5O2. The number of nitrogens with one attached hydrogen (secondary N) is 1. The van der Waals surface area contributed by atoms with Gasteiger partial charge in [-0.3, -0.25) is 0 Å². The number of aromatic nitrogens is 2. The predicted molar refractivity (Wildman–Crippen MR) is 150 cm³/mol. The number of carbonyl (C=O) groups excluding carboxylic acids is 1. The predicted octanol–water partition coefficient (Wildman–Crippen LogP) is 6.34. The third kappa shape index (κ3) is 5.35. The first kappa shape index (κ1) is 25.3. The van der Waals surface area contributed by atoms with Crippen molar-refractivity contribution in [2.75, 3.05) is 18.0 Å². The van der Waals surface area contributed by atoms with Crippen molar-refractivity contribution in [3.63, 3.8) is 0 Å². The largest absolute Gasteiger partial charge is 0.444 e. The van der Waals surface area contributed by atoms with E-state index < -0.39 is 5.60 Å². The molecule has 1 aliphatic rings. The van der Waals surface area contributed by atoms with Crippen LogP contribution in [0.3, 0.4) is 0 Å². The van der Waals surface area contributed by atoms with Gasteiger partial charge in [0.2, 0.25) is 0 Å². The number of benzene rings is 2. The molecule has 0 spiro atoms. The molecule has 1 amide bonds. The lowest BCUT2D eigenvalue weighted by atomic mass is 10.00. The summed E-state index contributed by atoms with van der Waals surface area (Å²) in [6.07, 6.45) is 5.29. The summed E-state index contributed by atoms with van der Waals surface area (Å²) in [6, 6.07) is 20.6. The van der Waals surface area contributed by atoms with Gasteiger partial charge < -0.3 is 19.4 Å². The molecule has 1 saturated heterocycles. The number of carbonyl (C=O) groups is 1. The second-order valence-corrected chi connectivity index (χ2v) is 10.9. The zero-order valence-electron chi connectivity index (χ0n) is 22.4. The minimum atomic E-state index is -0.536. The Hall–Kier alpha value is -4.31. The van der Waals surface area contributed by atoms with E-state index in [1.54, 1.807) is 0 Å². The number of piperidine rings is 1. The Morgan fingerprint density at radius 2 is 1.82 bits per heavy atom. The van der Waals surface area contributed by atoms with Crippen LogP contribution in [0.2, 0.25) is 0 Å². The fraction of sp³-hybridized carbons (Fsp3) is 0.323. The highest BCUT2D eigenvalue weighted by atomic mass is 16.6. The Morgan fingerprint density at radius 1 is 1.11 bits per heavy atom. The average Bonchev–Trinajstić information content (AvgIpc) is 3.28. The van der Waals surface area contributed by atoms with Gasteiger partial charge in [0, 0.05) is 37.1 Å². The molecule has 5 rings (SSSR count). The van der Waals surface area contributed by atoms with Gasteiger partial charge in [0.05, 0.1) is 22.8 Å². The zero-order valence-corrected chi connectivity index (χ0v) is 22.4. The summed E-state index contributed by atoms with van der Waals surface area (Å²) >= 11 is 0. The van der Waals surface area contributed by atoms with Gasteiger partial charge in [-0.25, -0.2) is 9.78 Å². The molecule has 1 aliphatic heterocycles. The first-order valence-electron chi connectivity index (χ1n) is 13.0. The molecule has 1 fully saturated rings. The van der Waals surface area contributed by atoms with Crippen LogP contribution in [0.15, 0.2) is 67.0 Å². The number of rotatable bonds is 4. The van der Waals surface area contributed by atoms with E-state index in [0.29, 0.717) is 12.1 Å². The molecule has 0 unspecified atom stereocenters. The van der Waals surface area contributed by atoms with E-state index in [2.05, 4.69) is 57.9 Å². The van der Waals surface area contributed by atoms with Gasteiger partial charge in [0.25, 0.3) is 0 Å². The van der Waals surface area contributed by atoms with E-state index in [9.17, 15) is 10.1 Å². The van der Waals surface area contributed by atoms with E-state index in [-0.39, 0.29) is 12.1 Å². The molecule has 4 aromatic rings. The van der Waals surface area contributed by atoms with Crippen molar-refractivity contribution >= 4 is 17.4 Å².